The van der Waals surface area contributed by atoms with Gasteiger partial charge in [0.15, 0.2) is 0 Å². The largest absolute Gasteiger partial charge is 0.495 e. The Morgan fingerprint density at radius 3 is 2.92 bits per heavy atom. The van der Waals surface area contributed by atoms with Crippen LogP contribution in [0.25, 0.3) is 0 Å². The minimum absolute atomic E-state index is 0.281. The third-order valence-corrected chi connectivity index (χ3v) is 3.88. The molecule has 0 spiro atoms. The Hall–Kier alpha value is -2.54. The fourth-order valence-electron chi connectivity index (χ4n) is 2.68. The van der Waals surface area contributed by atoms with Gasteiger partial charge in [0.2, 0.25) is 0 Å². The molecule has 0 saturated carbocycles. The first-order valence-corrected chi connectivity index (χ1v) is 7.63. The van der Waals surface area contributed by atoms with Crippen LogP contribution in [0.1, 0.15) is 17.6 Å². The van der Waals surface area contributed by atoms with Gasteiger partial charge in [0, 0.05) is 12.6 Å². The average molecular weight is 334 g/mol. The number of hydrogen-bond acceptors (Lipinski definition) is 4. The van der Waals surface area contributed by atoms with Crippen molar-refractivity contribution < 1.29 is 23.1 Å². The van der Waals surface area contributed by atoms with E-state index in [1.54, 1.807) is 4.90 Å². The molecule has 2 heterocycles. The Morgan fingerprint density at radius 2 is 2.21 bits per heavy atom. The van der Waals surface area contributed by atoms with Crippen molar-refractivity contribution in [3.63, 3.8) is 0 Å². The smallest absolute Gasteiger partial charge is 0.322 e. The van der Waals surface area contributed by atoms with Crippen LogP contribution in [0.5, 0.6) is 5.75 Å². The van der Waals surface area contributed by atoms with Gasteiger partial charge in [-0.15, -0.1) is 0 Å². The molecule has 0 bridgehead atoms. The van der Waals surface area contributed by atoms with Crippen LogP contribution in [0.3, 0.4) is 0 Å². The number of nitrogens with one attached hydrogen (secondary N) is 1. The highest BCUT2D eigenvalue weighted by atomic mass is 19.1. The summed E-state index contributed by atoms with van der Waals surface area (Å²) in [6.45, 7) is 3.04. The number of benzene rings is 1. The van der Waals surface area contributed by atoms with Crippen LogP contribution in [0.2, 0.25) is 0 Å². The number of rotatable bonds is 3. The van der Waals surface area contributed by atoms with Crippen molar-refractivity contribution >= 4 is 11.7 Å². The van der Waals surface area contributed by atoms with E-state index in [2.05, 4.69) is 5.32 Å². The highest BCUT2D eigenvalue weighted by Gasteiger charge is 2.31. The SMILES string of the molecule is COc1ccc(F)cc1NC(=O)N1CCOC[C@H]1c1ccc(C)o1. The summed E-state index contributed by atoms with van der Waals surface area (Å²) in [5.41, 5.74) is 0.281. The van der Waals surface area contributed by atoms with Gasteiger partial charge in [-0.2, -0.15) is 0 Å². The van der Waals surface area contributed by atoms with Crippen LogP contribution in [-0.2, 0) is 4.74 Å². The fourth-order valence-corrected chi connectivity index (χ4v) is 2.68. The predicted octanol–water partition coefficient (Wildman–Crippen LogP) is 3.34. The Bertz CT molecular complexity index is 731. The molecule has 1 fully saturated rings. The number of carbonyl (C=O) groups is 1. The molecule has 0 unspecified atom stereocenters. The summed E-state index contributed by atoms with van der Waals surface area (Å²) < 4.78 is 29.7. The normalized spacial score (nSPS) is 17.6. The number of furan rings is 1. The maximum Gasteiger partial charge on any atom is 0.322 e. The van der Waals surface area contributed by atoms with Crippen molar-refractivity contribution in [2.45, 2.75) is 13.0 Å². The molecule has 1 aliphatic heterocycles. The van der Waals surface area contributed by atoms with Crippen LogP contribution in [0.15, 0.2) is 34.7 Å². The summed E-state index contributed by atoms with van der Waals surface area (Å²) in [4.78, 5) is 14.3. The van der Waals surface area contributed by atoms with Crippen molar-refractivity contribution in [3.05, 3.63) is 47.7 Å². The van der Waals surface area contributed by atoms with Gasteiger partial charge < -0.3 is 24.1 Å². The van der Waals surface area contributed by atoms with E-state index in [9.17, 15) is 9.18 Å². The highest BCUT2D eigenvalue weighted by molar-refractivity contribution is 5.91. The summed E-state index contributed by atoms with van der Waals surface area (Å²) in [5, 5.41) is 2.70. The number of aryl methyl sites for hydroxylation is 1. The zero-order valence-electron chi connectivity index (χ0n) is 13.5. The van der Waals surface area contributed by atoms with E-state index in [0.717, 1.165) is 5.76 Å². The van der Waals surface area contributed by atoms with E-state index >= 15 is 0 Å². The van der Waals surface area contributed by atoms with Crippen LogP contribution in [0, 0.1) is 12.7 Å². The number of morpholine rings is 1. The van der Waals surface area contributed by atoms with Crippen molar-refractivity contribution in [2.75, 3.05) is 32.2 Å². The van der Waals surface area contributed by atoms with Gasteiger partial charge in [-0.1, -0.05) is 0 Å². The molecule has 6 nitrogen and oxygen atoms in total. The molecule has 0 aliphatic carbocycles. The first kappa shape index (κ1) is 16.3. The molecule has 7 heteroatoms. The lowest BCUT2D eigenvalue weighted by Crippen LogP contribution is -2.45. The van der Waals surface area contributed by atoms with Crippen LogP contribution >= 0.6 is 0 Å². The van der Waals surface area contributed by atoms with Crippen molar-refractivity contribution in [1.29, 1.82) is 0 Å². The Balaban J connectivity index is 1.81. The maximum atomic E-state index is 13.5. The minimum atomic E-state index is -0.453. The second kappa shape index (κ2) is 6.92. The van der Waals surface area contributed by atoms with Gasteiger partial charge in [-0.25, -0.2) is 9.18 Å². The van der Waals surface area contributed by atoms with Crippen LogP contribution in [0.4, 0.5) is 14.9 Å². The number of ether oxygens (including phenoxy) is 2. The molecular formula is C17H19FN2O4. The Labute approximate surface area is 139 Å². The van der Waals surface area contributed by atoms with Crippen molar-refractivity contribution in [1.82, 2.24) is 4.90 Å². The summed E-state index contributed by atoms with van der Waals surface area (Å²) in [6, 6.07) is 6.96. The first-order chi connectivity index (χ1) is 11.6. The lowest BCUT2D eigenvalue weighted by atomic mass is 10.2. The third kappa shape index (κ3) is 3.35. The number of carbonyl (C=O) groups excluding carboxylic acids is 1. The molecule has 1 aliphatic rings. The quantitative estimate of drug-likeness (QED) is 0.935. The standard InChI is InChI=1S/C17H19FN2O4/c1-11-3-5-16(24-11)14-10-23-8-7-20(14)17(21)19-13-9-12(18)4-6-15(13)22-2/h3-6,9,14H,7-8,10H2,1-2H3,(H,19,21)/t14-/m0/s1. The molecule has 2 aromatic rings. The molecule has 24 heavy (non-hydrogen) atoms. The summed E-state index contributed by atoms with van der Waals surface area (Å²) in [7, 11) is 1.46. The van der Waals surface area contributed by atoms with E-state index in [-0.39, 0.29) is 17.8 Å². The highest BCUT2D eigenvalue weighted by Crippen LogP contribution is 2.29. The number of methoxy groups -OCH3 is 1. The second-order valence-corrected chi connectivity index (χ2v) is 5.51. The Morgan fingerprint density at radius 1 is 1.38 bits per heavy atom. The number of anilines is 1. The van der Waals surface area contributed by atoms with Gasteiger partial charge in [-0.05, 0) is 31.2 Å². The lowest BCUT2D eigenvalue weighted by molar-refractivity contribution is 0.00709. The molecule has 2 amide bonds. The van der Waals surface area contributed by atoms with E-state index in [1.165, 1.54) is 25.3 Å². The zero-order valence-corrected chi connectivity index (χ0v) is 13.5. The Kier molecular flexibility index (Phi) is 4.71. The molecule has 1 N–H and O–H groups in total. The molecule has 1 atom stereocenters. The molecular weight excluding hydrogens is 315 g/mol. The number of halogens is 1. The number of nitrogens with zero attached hydrogens (tertiary/aromatic N) is 1. The second-order valence-electron chi connectivity index (χ2n) is 5.51. The van der Waals surface area contributed by atoms with Gasteiger partial charge in [0.1, 0.15) is 29.1 Å². The molecule has 1 aromatic carbocycles. The number of amides is 2. The third-order valence-electron chi connectivity index (χ3n) is 3.88. The summed E-state index contributed by atoms with van der Waals surface area (Å²) in [5.74, 6) is 1.37. The van der Waals surface area contributed by atoms with Crippen molar-refractivity contribution in [3.8, 4) is 5.75 Å². The van der Waals surface area contributed by atoms with Gasteiger partial charge >= 0.3 is 6.03 Å². The van der Waals surface area contributed by atoms with E-state index < -0.39 is 5.82 Å². The number of hydrogen-bond donors (Lipinski definition) is 1. The molecule has 1 saturated heterocycles. The minimum Gasteiger partial charge on any atom is -0.495 e. The van der Waals surface area contributed by atoms with Crippen molar-refractivity contribution in [2.24, 2.45) is 0 Å². The number of urea groups is 1. The van der Waals surface area contributed by atoms with E-state index in [4.69, 9.17) is 13.9 Å². The van der Waals surface area contributed by atoms with Gasteiger partial charge in [0.05, 0.1) is 26.0 Å². The molecule has 3 rings (SSSR count). The summed E-state index contributed by atoms with van der Waals surface area (Å²) >= 11 is 0. The maximum absolute atomic E-state index is 13.5. The fraction of sp³-hybridized carbons (Fsp3) is 0.353. The average Bonchev–Trinajstić information content (AvgIpc) is 3.01. The van der Waals surface area contributed by atoms with E-state index in [1.807, 2.05) is 19.1 Å². The van der Waals surface area contributed by atoms with Crippen LogP contribution < -0.4 is 10.1 Å². The predicted molar refractivity (Wildman–Crippen MR) is 85.7 cm³/mol. The zero-order chi connectivity index (χ0) is 17.1. The van der Waals surface area contributed by atoms with Gasteiger partial charge in [-0.3, -0.25) is 0 Å². The molecule has 0 radical (unpaired) electrons. The van der Waals surface area contributed by atoms with Gasteiger partial charge in [0.25, 0.3) is 0 Å². The first-order valence-electron chi connectivity index (χ1n) is 7.63. The lowest BCUT2D eigenvalue weighted by Gasteiger charge is -2.34. The molecule has 128 valence electrons. The van der Waals surface area contributed by atoms with E-state index in [0.29, 0.717) is 31.3 Å². The van der Waals surface area contributed by atoms with Crippen LogP contribution in [-0.4, -0.2) is 37.8 Å². The topological polar surface area (TPSA) is 63.9 Å². The molecule has 1 aromatic heterocycles. The monoisotopic (exact) mass is 334 g/mol. The summed E-state index contributed by atoms with van der Waals surface area (Å²) in [6.07, 6.45) is 0.